The molecule has 7 nitrogen and oxygen atoms in total. The molecule has 1 saturated heterocycles. The molecule has 0 amide bonds. The van der Waals surface area contributed by atoms with Crippen LogP contribution in [0.1, 0.15) is 17.7 Å². The lowest BCUT2D eigenvalue weighted by Crippen LogP contribution is -2.48. The topological polar surface area (TPSA) is 67.2 Å². The van der Waals surface area contributed by atoms with E-state index in [0.717, 1.165) is 69.1 Å². The smallest absolute Gasteiger partial charge is 0.267 e. The summed E-state index contributed by atoms with van der Waals surface area (Å²) in [6.45, 7) is 5.33. The monoisotopic (exact) mass is 326 g/mol. The maximum absolute atomic E-state index is 12.1. The minimum Gasteiger partial charge on any atom is -0.353 e. The predicted molar refractivity (Wildman–Crippen MR) is 91.2 cm³/mol. The van der Waals surface area contributed by atoms with E-state index in [1.165, 1.54) is 0 Å². The number of fused-ring (bicyclic) bond motifs is 1. The Hall–Kier alpha value is -2.28. The minimum atomic E-state index is 0.0360. The Labute approximate surface area is 140 Å². The Bertz CT molecular complexity index is 751. The second-order valence-electron chi connectivity index (χ2n) is 6.42. The van der Waals surface area contributed by atoms with Gasteiger partial charge < -0.3 is 4.90 Å². The molecular weight excluding hydrogens is 304 g/mol. The predicted octanol–water partition coefficient (Wildman–Crippen LogP) is 0.344. The van der Waals surface area contributed by atoms with Gasteiger partial charge >= 0.3 is 0 Å². The molecule has 0 aromatic carbocycles. The van der Waals surface area contributed by atoms with Crippen molar-refractivity contribution >= 4 is 5.82 Å². The van der Waals surface area contributed by atoms with Gasteiger partial charge in [-0.3, -0.25) is 14.7 Å². The molecule has 2 aliphatic rings. The number of anilines is 1. The minimum absolute atomic E-state index is 0.0360. The summed E-state index contributed by atoms with van der Waals surface area (Å²) < 4.78 is 1.64. The lowest BCUT2D eigenvalue weighted by molar-refractivity contribution is 0.242. The number of aryl methyl sites for hydroxylation is 2. The number of aromatic nitrogens is 4. The molecular formula is C17H22N6O. The van der Waals surface area contributed by atoms with Gasteiger partial charge in [0.2, 0.25) is 0 Å². The normalized spacial score (nSPS) is 17.9. The summed E-state index contributed by atoms with van der Waals surface area (Å²) in [7, 11) is 0. The molecule has 3 heterocycles. The molecule has 1 aliphatic heterocycles. The van der Waals surface area contributed by atoms with Crippen molar-refractivity contribution in [3.63, 3.8) is 0 Å². The fourth-order valence-corrected chi connectivity index (χ4v) is 3.49. The van der Waals surface area contributed by atoms with Crippen LogP contribution in [-0.4, -0.2) is 57.4 Å². The van der Waals surface area contributed by atoms with Crippen molar-refractivity contribution in [1.29, 1.82) is 0 Å². The van der Waals surface area contributed by atoms with Crippen LogP contribution in [-0.2, 0) is 19.4 Å². The molecule has 24 heavy (non-hydrogen) atoms. The summed E-state index contributed by atoms with van der Waals surface area (Å²) in [5.41, 5.74) is 2.30. The maximum atomic E-state index is 12.1. The lowest BCUT2D eigenvalue weighted by Gasteiger charge is -2.35. The zero-order valence-electron chi connectivity index (χ0n) is 13.8. The fraction of sp³-hybridized carbons (Fsp3) is 0.529. The quantitative estimate of drug-likeness (QED) is 0.807. The van der Waals surface area contributed by atoms with Gasteiger partial charge in [0.05, 0.1) is 18.4 Å². The number of nitrogens with zero attached hydrogens (tertiary/aromatic N) is 6. The molecule has 0 atom stereocenters. The van der Waals surface area contributed by atoms with Gasteiger partial charge in [-0.2, -0.15) is 5.10 Å². The number of rotatable bonds is 4. The van der Waals surface area contributed by atoms with Crippen LogP contribution in [0.2, 0.25) is 0 Å². The average Bonchev–Trinajstić information content (AvgIpc) is 3.08. The van der Waals surface area contributed by atoms with E-state index in [2.05, 4.69) is 24.9 Å². The van der Waals surface area contributed by atoms with Crippen LogP contribution in [0.3, 0.4) is 0 Å². The number of hydrogen-bond donors (Lipinski definition) is 0. The summed E-state index contributed by atoms with van der Waals surface area (Å²) in [4.78, 5) is 25.3. The van der Waals surface area contributed by atoms with Gasteiger partial charge in [0.15, 0.2) is 0 Å². The van der Waals surface area contributed by atoms with Crippen molar-refractivity contribution in [3.05, 3.63) is 46.3 Å². The Kier molecular flexibility index (Phi) is 4.25. The fourth-order valence-electron chi connectivity index (χ4n) is 3.49. The van der Waals surface area contributed by atoms with E-state index < -0.39 is 0 Å². The highest BCUT2D eigenvalue weighted by Gasteiger charge is 2.19. The first-order chi connectivity index (χ1) is 11.8. The van der Waals surface area contributed by atoms with Crippen LogP contribution in [0.15, 0.2) is 29.5 Å². The van der Waals surface area contributed by atoms with E-state index in [4.69, 9.17) is 0 Å². The molecule has 0 N–H and O–H groups in total. The van der Waals surface area contributed by atoms with Gasteiger partial charge in [-0.05, 0) is 24.8 Å². The van der Waals surface area contributed by atoms with E-state index in [0.29, 0.717) is 6.54 Å². The second kappa shape index (κ2) is 6.68. The number of hydrogen-bond acceptors (Lipinski definition) is 6. The van der Waals surface area contributed by atoms with E-state index >= 15 is 0 Å². The standard InChI is InChI=1S/C17H22N6O/c24-17-12-14-2-1-3-15(14)20-23(17)11-8-21-6-9-22(10-7-21)16-13-18-4-5-19-16/h4-5,12-13H,1-3,6-11H2. The number of piperazine rings is 1. The first-order valence-electron chi connectivity index (χ1n) is 8.63. The lowest BCUT2D eigenvalue weighted by atomic mass is 10.2. The van der Waals surface area contributed by atoms with Crippen LogP contribution in [0, 0.1) is 0 Å². The Morgan fingerprint density at radius 1 is 1.04 bits per heavy atom. The summed E-state index contributed by atoms with van der Waals surface area (Å²) in [6.07, 6.45) is 8.36. The molecule has 0 bridgehead atoms. The van der Waals surface area contributed by atoms with Crippen LogP contribution in [0.5, 0.6) is 0 Å². The maximum Gasteiger partial charge on any atom is 0.267 e. The largest absolute Gasteiger partial charge is 0.353 e. The summed E-state index contributed by atoms with van der Waals surface area (Å²) in [5, 5.41) is 4.55. The van der Waals surface area contributed by atoms with E-state index in [-0.39, 0.29) is 5.56 Å². The molecule has 0 radical (unpaired) electrons. The zero-order valence-corrected chi connectivity index (χ0v) is 13.8. The average molecular weight is 326 g/mol. The van der Waals surface area contributed by atoms with Gasteiger partial charge in [0.1, 0.15) is 5.82 Å². The first kappa shape index (κ1) is 15.3. The van der Waals surface area contributed by atoms with Gasteiger partial charge in [-0.15, -0.1) is 0 Å². The Morgan fingerprint density at radius 2 is 1.92 bits per heavy atom. The highest BCUT2D eigenvalue weighted by Crippen LogP contribution is 2.17. The molecule has 0 unspecified atom stereocenters. The van der Waals surface area contributed by atoms with Crippen LogP contribution in [0.4, 0.5) is 5.82 Å². The summed E-state index contributed by atoms with van der Waals surface area (Å²) in [6, 6.07) is 1.78. The Morgan fingerprint density at radius 3 is 2.71 bits per heavy atom. The Balaban J connectivity index is 1.33. The van der Waals surface area contributed by atoms with Crippen LogP contribution < -0.4 is 10.5 Å². The van der Waals surface area contributed by atoms with Crippen molar-refractivity contribution in [2.45, 2.75) is 25.8 Å². The SMILES string of the molecule is O=c1cc2c(nn1CCN1CCN(c3cnccn3)CC1)CCC2. The third kappa shape index (κ3) is 3.17. The van der Waals surface area contributed by atoms with E-state index in [9.17, 15) is 4.79 Å². The van der Waals surface area contributed by atoms with Crippen molar-refractivity contribution < 1.29 is 0 Å². The zero-order chi connectivity index (χ0) is 16.4. The molecule has 1 aliphatic carbocycles. The van der Waals surface area contributed by atoms with Gasteiger partial charge in [0.25, 0.3) is 5.56 Å². The molecule has 2 aromatic rings. The van der Waals surface area contributed by atoms with Crippen molar-refractivity contribution in [2.24, 2.45) is 0 Å². The molecule has 1 fully saturated rings. The summed E-state index contributed by atoms with van der Waals surface area (Å²) in [5.74, 6) is 0.939. The third-order valence-electron chi connectivity index (χ3n) is 4.90. The third-order valence-corrected chi connectivity index (χ3v) is 4.90. The second-order valence-corrected chi connectivity index (χ2v) is 6.42. The van der Waals surface area contributed by atoms with Gasteiger partial charge in [-0.25, -0.2) is 9.67 Å². The van der Waals surface area contributed by atoms with Crippen LogP contribution >= 0.6 is 0 Å². The first-order valence-corrected chi connectivity index (χ1v) is 8.63. The highest BCUT2D eigenvalue weighted by atomic mass is 16.1. The molecule has 4 rings (SSSR count). The van der Waals surface area contributed by atoms with Crippen molar-refractivity contribution in [2.75, 3.05) is 37.6 Å². The molecule has 7 heteroatoms. The molecule has 2 aromatic heterocycles. The van der Waals surface area contributed by atoms with E-state index in [1.54, 1.807) is 23.1 Å². The van der Waals surface area contributed by atoms with Gasteiger partial charge in [-0.1, -0.05) is 0 Å². The molecule has 0 saturated carbocycles. The van der Waals surface area contributed by atoms with E-state index in [1.807, 2.05) is 6.20 Å². The highest BCUT2D eigenvalue weighted by molar-refractivity contribution is 5.35. The van der Waals surface area contributed by atoms with Crippen molar-refractivity contribution in [1.82, 2.24) is 24.6 Å². The molecule has 0 spiro atoms. The van der Waals surface area contributed by atoms with Crippen molar-refractivity contribution in [3.8, 4) is 0 Å². The molecule has 126 valence electrons. The van der Waals surface area contributed by atoms with Crippen LogP contribution in [0.25, 0.3) is 0 Å². The van der Waals surface area contributed by atoms with Gasteiger partial charge in [0, 0.05) is 51.2 Å². The summed E-state index contributed by atoms with van der Waals surface area (Å²) >= 11 is 0.